The molecule has 0 fully saturated rings. The summed E-state index contributed by atoms with van der Waals surface area (Å²) in [5.41, 5.74) is 1.31. The van der Waals surface area contributed by atoms with Gasteiger partial charge in [-0.25, -0.2) is 9.78 Å². The smallest absolute Gasteiger partial charge is 0.356 e. The van der Waals surface area contributed by atoms with E-state index in [2.05, 4.69) is 4.98 Å². The second kappa shape index (κ2) is 5.27. The van der Waals surface area contributed by atoms with Crippen molar-refractivity contribution < 1.29 is 14.7 Å². The van der Waals surface area contributed by atoms with Gasteiger partial charge in [0.25, 0.3) is 0 Å². The Kier molecular flexibility index (Phi) is 4.01. The molecule has 0 aliphatic carbocycles. The lowest BCUT2D eigenvalue weighted by Gasteiger charge is -2.00. The molecular formula is C11H9ClN2O3. The van der Waals surface area contributed by atoms with Crippen LogP contribution < -0.4 is 0 Å². The van der Waals surface area contributed by atoms with Gasteiger partial charge in [0.05, 0.1) is 0 Å². The van der Waals surface area contributed by atoms with Crippen molar-refractivity contribution in [3.05, 3.63) is 48.0 Å². The van der Waals surface area contributed by atoms with Gasteiger partial charge < -0.3 is 9.67 Å². The fourth-order valence-electron chi connectivity index (χ4n) is 1.30. The molecular weight excluding hydrogens is 244 g/mol. The molecule has 0 spiro atoms. The molecule has 0 saturated heterocycles. The normalized spacial score (nSPS) is 9.41. The van der Waals surface area contributed by atoms with Gasteiger partial charge in [-0.3, -0.25) is 4.79 Å². The molecule has 0 bridgehead atoms. The quantitative estimate of drug-likeness (QED) is 0.846. The third kappa shape index (κ3) is 2.70. The lowest BCUT2D eigenvalue weighted by atomic mass is 10.2. The number of halogens is 1. The van der Waals surface area contributed by atoms with Crippen LogP contribution in [-0.2, 0) is 0 Å². The van der Waals surface area contributed by atoms with E-state index in [9.17, 15) is 9.59 Å². The van der Waals surface area contributed by atoms with E-state index >= 15 is 0 Å². The number of aromatic carboxylic acids is 1. The standard InChI is InChI=1S/C11H8N2O3.ClH/c14-6-8-1-3-9(4-2-8)13-5-10(11(15)16)12-7-13;/h1-7H,(H,15,16);1H. The number of carbonyl (C=O) groups excluding carboxylic acids is 1. The summed E-state index contributed by atoms with van der Waals surface area (Å²) in [6, 6.07) is 6.75. The molecule has 1 N–H and O–H groups in total. The molecule has 5 nitrogen and oxygen atoms in total. The topological polar surface area (TPSA) is 72.2 Å². The molecule has 17 heavy (non-hydrogen) atoms. The van der Waals surface area contributed by atoms with Crippen LogP contribution in [0, 0.1) is 0 Å². The summed E-state index contributed by atoms with van der Waals surface area (Å²) < 4.78 is 1.58. The van der Waals surface area contributed by atoms with Gasteiger partial charge in [-0.1, -0.05) is 0 Å². The molecule has 1 heterocycles. The highest BCUT2D eigenvalue weighted by Gasteiger charge is 2.07. The number of hydrogen-bond acceptors (Lipinski definition) is 3. The van der Waals surface area contributed by atoms with Crippen LogP contribution >= 0.6 is 12.4 Å². The van der Waals surface area contributed by atoms with E-state index < -0.39 is 5.97 Å². The summed E-state index contributed by atoms with van der Waals surface area (Å²) in [6.07, 6.45) is 3.58. The predicted molar refractivity (Wildman–Crippen MR) is 63.2 cm³/mol. The molecule has 0 saturated carbocycles. The van der Waals surface area contributed by atoms with Crippen LogP contribution in [0.1, 0.15) is 20.8 Å². The Hall–Kier alpha value is -2.14. The summed E-state index contributed by atoms with van der Waals surface area (Å²) in [5, 5.41) is 8.71. The Labute approximate surface area is 103 Å². The van der Waals surface area contributed by atoms with E-state index in [1.165, 1.54) is 12.5 Å². The molecule has 0 aliphatic rings. The number of carboxylic acid groups (broad SMARTS) is 1. The highest BCUT2D eigenvalue weighted by molar-refractivity contribution is 5.85. The van der Waals surface area contributed by atoms with Crippen LogP contribution in [-0.4, -0.2) is 26.9 Å². The molecule has 0 unspecified atom stereocenters. The largest absolute Gasteiger partial charge is 0.476 e. The Bertz CT molecular complexity index is 534. The third-order valence-electron chi connectivity index (χ3n) is 2.13. The van der Waals surface area contributed by atoms with Crippen LogP contribution in [0.25, 0.3) is 5.69 Å². The van der Waals surface area contributed by atoms with Gasteiger partial charge in [-0.15, -0.1) is 12.4 Å². The van der Waals surface area contributed by atoms with Crippen molar-refractivity contribution in [2.75, 3.05) is 0 Å². The van der Waals surface area contributed by atoms with Crippen molar-refractivity contribution in [1.29, 1.82) is 0 Å². The molecule has 0 radical (unpaired) electrons. The number of benzene rings is 1. The first-order valence-corrected chi connectivity index (χ1v) is 4.53. The predicted octanol–water partition coefficient (Wildman–Crippen LogP) is 1.80. The molecule has 0 atom stereocenters. The number of rotatable bonds is 3. The molecule has 1 aromatic carbocycles. The number of aromatic nitrogens is 2. The van der Waals surface area contributed by atoms with Gasteiger partial charge >= 0.3 is 5.97 Å². The number of aldehydes is 1. The van der Waals surface area contributed by atoms with Gasteiger partial charge in [0.15, 0.2) is 5.69 Å². The van der Waals surface area contributed by atoms with E-state index in [4.69, 9.17) is 5.11 Å². The summed E-state index contributed by atoms with van der Waals surface area (Å²) >= 11 is 0. The van der Waals surface area contributed by atoms with Crippen LogP contribution in [0.5, 0.6) is 0 Å². The minimum absolute atomic E-state index is 0. The summed E-state index contributed by atoms with van der Waals surface area (Å²) in [6.45, 7) is 0. The van der Waals surface area contributed by atoms with Gasteiger partial charge in [0.1, 0.15) is 12.6 Å². The zero-order valence-electron chi connectivity index (χ0n) is 8.61. The first-order chi connectivity index (χ1) is 7.70. The van der Waals surface area contributed by atoms with E-state index in [0.29, 0.717) is 5.56 Å². The van der Waals surface area contributed by atoms with Crippen molar-refractivity contribution in [2.24, 2.45) is 0 Å². The molecule has 2 rings (SSSR count). The first-order valence-electron chi connectivity index (χ1n) is 4.53. The maximum Gasteiger partial charge on any atom is 0.356 e. The summed E-state index contributed by atoms with van der Waals surface area (Å²) in [4.78, 5) is 24.8. The minimum atomic E-state index is -1.07. The molecule has 88 valence electrons. The first kappa shape index (κ1) is 12.9. The SMILES string of the molecule is Cl.O=Cc1ccc(-n2cnc(C(=O)O)c2)cc1. The number of nitrogens with zero attached hydrogens (tertiary/aromatic N) is 2. The molecule has 6 heteroatoms. The zero-order valence-corrected chi connectivity index (χ0v) is 9.42. The second-order valence-corrected chi connectivity index (χ2v) is 3.18. The fraction of sp³-hybridized carbons (Fsp3) is 0. The van der Waals surface area contributed by atoms with Gasteiger partial charge in [-0.05, 0) is 24.3 Å². The van der Waals surface area contributed by atoms with E-state index in [0.717, 1.165) is 12.0 Å². The number of imidazole rings is 1. The molecule has 0 amide bonds. The van der Waals surface area contributed by atoms with Crippen molar-refractivity contribution in [3.8, 4) is 5.69 Å². The maximum absolute atomic E-state index is 10.6. The summed E-state index contributed by atoms with van der Waals surface area (Å²) in [5.74, 6) is -1.07. The highest BCUT2D eigenvalue weighted by Crippen LogP contribution is 2.09. The van der Waals surface area contributed by atoms with Gasteiger partial charge in [0, 0.05) is 17.4 Å². The van der Waals surface area contributed by atoms with Gasteiger partial charge in [0.2, 0.25) is 0 Å². The highest BCUT2D eigenvalue weighted by atomic mass is 35.5. The zero-order chi connectivity index (χ0) is 11.5. The number of carboxylic acids is 1. The third-order valence-corrected chi connectivity index (χ3v) is 2.13. The van der Waals surface area contributed by atoms with Crippen molar-refractivity contribution in [1.82, 2.24) is 9.55 Å². The monoisotopic (exact) mass is 252 g/mol. The van der Waals surface area contributed by atoms with E-state index in [1.807, 2.05) is 0 Å². The van der Waals surface area contributed by atoms with Crippen molar-refractivity contribution in [3.63, 3.8) is 0 Å². The average Bonchev–Trinajstić information content (AvgIpc) is 2.78. The number of carbonyl (C=O) groups is 2. The average molecular weight is 253 g/mol. The maximum atomic E-state index is 10.6. The lowest BCUT2D eigenvalue weighted by Crippen LogP contribution is -1.96. The molecule has 1 aromatic heterocycles. The van der Waals surface area contributed by atoms with Crippen molar-refractivity contribution in [2.45, 2.75) is 0 Å². The minimum Gasteiger partial charge on any atom is -0.476 e. The molecule has 2 aromatic rings. The Morgan fingerprint density at radius 3 is 2.41 bits per heavy atom. The lowest BCUT2D eigenvalue weighted by molar-refractivity contribution is 0.0691. The van der Waals surface area contributed by atoms with Gasteiger partial charge in [-0.2, -0.15) is 0 Å². The van der Waals surface area contributed by atoms with Crippen LogP contribution in [0.15, 0.2) is 36.8 Å². The fourth-order valence-corrected chi connectivity index (χ4v) is 1.30. The Morgan fingerprint density at radius 1 is 1.29 bits per heavy atom. The van der Waals surface area contributed by atoms with Crippen LogP contribution in [0.2, 0.25) is 0 Å². The molecule has 0 aliphatic heterocycles. The van der Waals surface area contributed by atoms with E-state index in [1.54, 1.807) is 28.8 Å². The number of hydrogen-bond donors (Lipinski definition) is 1. The Morgan fingerprint density at radius 2 is 1.94 bits per heavy atom. The second-order valence-electron chi connectivity index (χ2n) is 3.18. The van der Waals surface area contributed by atoms with Crippen LogP contribution in [0.4, 0.5) is 0 Å². The van der Waals surface area contributed by atoms with E-state index in [-0.39, 0.29) is 18.1 Å². The summed E-state index contributed by atoms with van der Waals surface area (Å²) in [7, 11) is 0. The Balaban J connectivity index is 0.00000144. The van der Waals surface area contributed by atoms with Crippen LogP contribution in [0.3, 0.4) is 0 Å². The van der Waals surface area contributed by atoms with Crippen molar-refractivity contribution >= 4 is 24.7 Å².